The van der Waals surface area contributed by atoms with Crippen LogP contribution in [0.1, 0.15) is 24.1 Å². The van der Waals surface area contributed by atoms with Crippen molar-refractivity contribution in [1.82, 2.24) is 10.5 Å². The molecule has 0 saturated heterocycles. The van der Waals surface area contributed by atoms with Gasteiger partial charge < -0.3 is 19.4 Å². The predicted octanol–water partition coefficient (Wildman–Crippen LogP) is 2.30. The first-order chi connectivity index (χ1) is 11.0. The second kappa shape index (κ2) is 5.89. The zero-order valence-corrected chi connectivity index (χ0v) is 13.0. The van der Waals surface area contributed by atoms with E-state index in [0.717, 1.165) is 5.39 Å². The molecule has 2 aromatic heterocycles. The summed E-state index contributed by atoms with van der Waals surface area (Å²) in [5, 5.41) is 17.8. The third-order valence-corrected chi connectivity index (χ3v) is 3.68. The molecule has 0 bridgehead atoms. The van der Waals surface area contributed by atoms with E-state index in [1.54, 1.807) is 32.0 Å². The molecule has 6 nitrogen and oxygen atoms in total. The van der Waals surface area contributed by atoms with Crippen LogP contribution in [0.4, 0.5) is 0 Å². The molecule has 6 heteroatoms. The van der Waals surface area contributed by atoms with Gasteiger partial charge in [-0.05, 0) is 38.1 Å². The number of nitrogens with one attached hydrogen (secondary N) is 1. The number of aryl methyl sites for hydroxylation is 1. The minimum Gasteiger partial charge on any atom is -0.463 e. The maximum Gasteiger partial charge on any atom is 0.226 e. The highest BCUT2D eigenvalue weighted by Gasteiger charge is 2.27. The van der Waals surface area contributed by atoms with Crippen LogP contribution in [-0.4, -0.2) is 22.7 Å². The van der Waals surface area contributed by atoms with Crippen LogP contribution in [0.3, 0.4) is 0 Å². The van der Waals surface area contributed by atoms with Crippen LogP contribution in [-0.2, 0) is 16.8 Å². The molecule has 0 radical (unpaired) electrons. The van der Waals surface area contributed by atoms with Crippen LogP contribution in [0.15, 0.2) is 45.3 Å². The molecule has 120 valence electrons. The Morgan fingerprint density at radius 2 is 2.09 bits per heavy atom. The molecule has 0 aliphatic carbocycles. The van der Waals surface area contributed by atoms with Crippen molar-refractivity contribution in [2.24, 2.45) is 0 Å². The largest absolute Gasteiger partial charge is 0.463 e. The summed E-state index contributed by atoms with van der Waals surface area (Å²) in [7, 11) is 0. The summed E-state index contributed by atoms with van der Waals surface area (Å²) in [4.78, 5) is 12.1. The van der Waals surface area contributed by atoms with Crippen LogP contribution in [0, 0.1) is 6.92 Å². The first-order valence-corrected chi connectivity index (χ1v) is 7.35. The summed E-state index contributed by atoms with van der Waals surface area (Å²) in [5.74, 6) is 0.885. The minimum absolute atomic E-state index is 0.0502. The molecule has 2 N–H and O–H groups in total. The van der Waals surface area contributed by atoms with Crippen molar-refractivity contribution >= 4 is 16.9 Å². The molecule has 0 saturated carbocycles. The van der Waals surface area contributed by atoms with Crippen molar-refractivity contribution < 1.29 is 18.8 Å². The van der Waals surface area contributed by atoms with Gasteiger partial charge in [0.05, 0.1) is 13.0 Å². The predicted molar refractivity (Wildman–Crippen MR) is 83.7 cm³/mol. The Labute approximate surface area is 133 Å². The normalized spacial score (nSPS) is 13.9. The number of nitrogens with zero attached hydrogens (tertiary/aromatic N) is 1. The monoisotopic (exact) mass is 314 g/mol. The molecule has 0 unspecified atom stereocenters. The molecule has 3 rings (SSSR count). The molecular formula is C17H18N2O4. The van der Waals surface area contributed by atoms with Crippen LogP contribution in [0.2, 0.25) is 0 Å². The lowest BCUT2D eigenvalue weighted by atomic mass is 10.0. The summed E-state index contributed by atoms with van der Waals surface area (Å²) < 4.78 is 10.6. The molecular weight excluding hydrogens is 296 g/mol. The van der Waals surface area contributed by atoms with Gasteiger partial charge in [0.1, 0.15) is 22.8 Å². The molecule has 1 amide bonds. The summed E-state index contributed by atoms with van der Waals surface area (Å²) in [5.41, 5.74) is -0.0459. The number of fused-ring (bicyclic) bond motifs is 1. The second-order valence-corrected chi connectivity index (χ2v) is 5.76. The van der Waals surface area contributed by atoms with Crippen molar-refractivity contribution in [3.63, 3.8) is 0 Å². The van der Waals surface area contributed by atoms with Gasteiger partial charge in [-0.1, -0.05) is 17.3 Å². The Morgan fingerprint density at radius 1 is 1.30 bits per heavy atom. The fourth-order valence-corrected chi connectivity index (χ4v) is 2.36. The van der Waals surface area contributed by atoms with E-state index in [1.807, 2.05) is 18.2 Å². The molecule has 0 aliphatic rings. The average Bonchev–Trinajstić information content (AvgIpc) is 3.13. The average molecular weight is 314 g/mol. The van der Waals surface area contributed by atoms with Crippen molar-refractivity contribution in [1.29, 1.82) is 0 Å². The standard InChI is InChI=1S/C17H18N2O4/c1-11-7-8-15(22-11)17(2,21)10-18-16(20)9-13-12-5-3-4-6-14(12)23-19-13/h3-8,21H,9-10H2,1-2H3,(H,18,20)/t17-/m0/s1. The maximum atomic E-state index is 12.1. The smallest absolute Gasteiger partial charge is 0.226 e. The highest BCUT2D eigenvalue weighted by molar-refractivity contribution is 5.86. The van der Waals surface area contributed by atoms with Gasteiger partial charge in [-0.2, -0.15) is 0 Å². The summed E-state index contributed by atoms with van der Waals surface area (Å²) >= 11 is 0. The third kappa shape index (κ3) is 3.27. The quantitative estimate of drug-likeness (QED) is 0.754. The van der Waals surface area contributed by atoms with Crippen LogP contribution >= 0.6 is 0 Å². The fourth-order valence-electron chi connectivity index (χ4n) is 2.36. The Balaban J connectivity index is 1.63. The van der Waals surface area contributed by atoms with Gasteiger partial charge in [-0.3, -0.25) is 4.79 Å². The summed E-state index contributed by atoms with van der Waals surface area (Å²) in [6.07, 6.45) is 0.0876. The van der Waals surface area contributed by atoms with Crippen molar-refractivity contribution in [2.45, 2.75) is 25.9 Å². The topological polar surface area (TPSA) is 88.5 Å². The zero-order valence-electron chi connectivity index (χ0n) is 13.0. The number of hydrogen-bond donors (Lipinski definition) is 2. The van der Waals surface area contributed by atoms with Crippen LogP contribution in [0.25, 0.3) is 11.0 Å². The molecule has 2 heterocycles. The fraction of sp³-hybridized carbons (Fsp3) is 0.294. The third-order valence-electron chi connectivity index (χ3n) is 3.68. The van der Waals surface area contributed by atoms with Crippen molar-refractivity contribution in [3.05, 3.63) is 53.6 Å². The first-order valence-electron chi connectivity index (χ1n) is 7.35. The van der Waals surface area contributed by atoms with Crippen LogP contribution in [0.5, 0.6) is 0 Å². The van der Waals surface area contributed by atoms with Gasteiger partial charge in [-0.15, -0.1) is 0 Å². The zero-order chi connectivity index (χ0) is 16.4. The van der Waals surface area contributed by atoms with E-state index in [1.165, 1.54) is 0 Å². The number of amides is 1. The molecule has 3 aromatic rings. The van der Waals surface area contributed by atoms with E-state index in [2.05, 4.69) is 10.5 Å². The highest BCUT2D eigenvalue weighted by Crippen LogP contribution is 2.22. The van der Waals surface area contributed by atoms with E-state index in [9.17, 15) is 9.90 Å². The number of aliphatic hydroxyl groups is 1. The lowest BCUT2D eigenvalue weighted by Crippen LogP contribution is -2.39. The number of carbonyl (C=O) groups excluding carboxylic acids is 1. The highest BCUT2D eigenvalue weighted by atomic mass is 16.5. The van der Waals surface area contributed by atoms with Gasteiger partial charge in [0, 0.05) is 5.39 Å². The molecule has 0 fully saturated rings. The van der Waals surface area contributed by atoms with Crippen LogP contribution < -0.4 is 5.32 Å². The van der Waals surface area contributed by atoms with E-state index in [0.29, 0.717) is 22.8 Å². The molecule has 1 aromatic carbocycles. The number of para-hydroxylation sites is 1. The molecule has 0 spiro atoms. The SMILES string of the molecule is Cc1ccc([C@@](C)(O)CNC(=O)Cc2noc3ccccc23)o1. The van der Waals surface area contributed by atoms with E-state index >= 15 is 0 Å². The Kier molecular flexibility index (Phi) is 3.92. The van der Waals surface area contributed by atoms with E-state index in [4.69, 9.17) is 8.94 Å². The van der Waals surface area contributed by atoms with Gasteiger partial charge in [-0.25, -0.2) is 0 Å². The van der Waals surface area contributed by atoms with Gasteiger partial charge in [0.15, 0.2) is 5.58 Å². The number of aromatic nitrogens is 1. The van der Waals surface area contributed by atoms with E-state index < -0.39 is 5.60 Å². The Morgan fingerprint density at radius 3 is 2.83 bits per heavy atom. The molecule has 0 aliphatic heterocycles. The lowest BCUT2D eigenvalue weighted by molar-refractivity contribution is -0.121. The van der Waals surface area contributed by atoms with Crippen molar-refractivity contribution in [3.8, 4) is 0 Å². The maximum absolute atomic E-state index is 12.1. The van der Waals surface area contributed by atoms with E-state index in [-0.39, 0.29) is 18.9 Å². The summed E-state index contributed by atoms with van der Waals surface area (Å²) in [6.45, 7) is 3.44. The Bertz CT molecular complexity index is 832. The number of carbonyl (C=O) groups is 1. The van der Waals surface area contributed by atoms with Gasteiger partial charge in [0.2, 0.25) is 5.91 Å². The summed E-state index contributed by atoms with van der Waals surface area (Å²) in [6, 6.07) is 10.8. The Hall–Kier alpha value is -2.60. The number of rotatable bonds is 5. The second-order valence-electron chi connectivity index (χ2n) is 5.76. The van der Waals surface area contributed by atoms with Crippen molar-refractivity contribution in [2.75, 3.05) is 6.54 Å². The first kappa shape index (κ1) is 15.3. The van der Waals surface area contributed by atoms with Gasteiger partial charge in [0.25, 0.3) is 0 Å². The molecule has 23 heavy (non-hydrogen) atoms. The molecule has 1 atom stereocenters. The lowest BCUT2D eigenvalue weighted by Gasteiger charge is -2.21. The number of furan rings is 1. The number of hydrogen-bond acceptors (Lipinski definition) is 5. The minimum atomic E-state index is -1.27. The number of benzene rings is 1. The van der Waals surface area contributed by atoms with Gasteiger partial charge >= 0.3 is 0 Å².